The highest BCUT2D eigenvalue weighted by molar-refractivity contribution is 5.91. The zero-order chi connectivity index (χ0) is 40.3. The minimum absolute atomic E-state index is 0.0188. The Hall–Kier alpha value is -5.64. The minimum atomic E-state index is -0.709. The standard InChI is InChI=1S/C43H53N7O6/c1-23(2)36(48-42(53)55-7)38(51)31-17-25(5)18-32(31)39-46-33-16-14-29(20-34(33)47-39)28-12-9-27(10-13-28)11-15-30-21-44-40(45-30)35-19-26(6)22-50(35)41(52)37(24(3)4)49-43(54)56-8/h9-10,12-14,16,20-21,23-26,31-32,35-37H,17-19,22H2,1-8H3,(H,44,45)(H,46,47)(H,48,53)(H,49,54)/t25-,26+,31?,32-,35+,36+,37+/m1/s1. The summed E-state index contributed by atoms with van der Waals surface area (Å²) in [5.41, 5.74) is 5.25. The molecule has 1 saturated carbocycles. The van der Waals surface area contributed by atoms with Gasteiger partial charge in [-0.2, -0.15) is 0 Å². The van der Waals surface area contributed by atoms with Gasteiger partial charge in [-0.05, 0) is 84.2 Å². The maximum Gasteiger partial charge on any atom is 0.407 e. The van der Waals surface area contributed by atoms with Gasteiger partial charge in [-0.3, -0.25) is 9.59 Å². The molecular formula is C43H53N7O6. The average molecular weight is 764 g/mol. The van der Waals surface area contributed by atoms with Crippen LogP contribution in [0, 0.1) is 41.4 Å². The van der Waals surface area contributed by atoms with Crippen molar-refractivity contribution in [2.24, 2.45) is 29.6 Å². The predicted molar refractivity (Wildman–Crippen MR) is 212 cm³/mol. The maximum atomic E-state index is 13.8. The van der Waals surface area contributed by atoms with E-state index in [0.29, 0.717) is 24.0 Å². The van der Waals surface area contributed by atoms with E-state index in [0.717, 1.165) is 52.8 Å². The van der Waals surface area contributed by atoms with Gasteiger partial charge in [-0.15, -0.1) is 0 Å². The molecule has 7 atom stereocenters. The molecule has 4 aromatic rings. The molecule has 2 aromatic carbocycles. The molecular weight excluding hydrogens is 711 g/mol. The first-order chi connectivity index (χ1) is 26.8. The first kappa shape index (κ1) is 40.0. The molecule has 3 heterocycles. The number of nitrogens with zero attached hydrogens (tertiary/aromatic N) is 3. The number of ether oxygens (including phenoxy) is 2. The number of alkyl carbamates (subject to hydrolysis) is 2. The van der Waals surface area contributed by atoms with E-state index in [2.05, 4.69) is 57.3 Å². The molecule has 3 amide bonds. The van der Waals surface area contributed by atoms with Gasteiger partial charge in [0.05, 0.1) is 43.5 Å². The molecule has 0 spiro atoms. The number of nitrogens with one attached hydrogen (secondary N) is 4. The number of amides is 3. The molecule has 4 N–H and O–H groups in total. The van der Waals surface area contributed by atoms with Crippen molar-refractivity contribution in [2.45, 2.75) is 84.8 Å². The van der Waals surface area contributed by atoms with Gasteiger partial charge >= 0.3 is 12.2 Å². The van der Waals surface area contributed by atoms with Crippen molar-refractivity contribution in [1.82, 2.24) is 35.5 Å². The second-order valence-electron chi connectivity index (χ2n) is 16.1. The molecule has 1 unspecified atom stereocenters. The molecule has 2 aliphatic rings. The van der Waals surface area contributed by atoms with E-state index >= 15 is 0 Å². The zero-order valence-electron chi connectivity index (χ0n) is 33.4. The van der Waals surface area contributed by atoms with Crippen LogP contribution in [0.5, 0.6) is 0 Å². The fraction of sp³-hybridized carbons (Fsp3) is 0.488. The number of likely N-dealkylation sites (tertiary alicyclic amines) is 1. The lowest BCUT2D eigenvalue weighted by Gasteiger charge is -2.30. The fourth-order valence-electron chi connectivity index (χ4n) is 8.16. The number of hydrogen-bond donors (Lipinski definition) is 4. The Morgan fingerprint density at radius 3 is 2.12 bits per heavy atom. The van der Waals surface area contributed by atoms with Crippen LogP contribution in [-0.2, 0) is 19.1 Å². The third-order valence-corrected chi connectivity index (χ3v) is 11.1. The summed E-state index contributed by atoms with van der Waals surface area (Å²) in [6, 6.07) is 12.5. The number of carbonyl (C=O) groups is 4. The summed E-state index contributed by atoms with van der Waals surface area (Å²) < 4.78 is 9.56. The molecule has 13 heteroatoms. The third kappa shape index (κ3) is 8.75. The quantitative estimate of drug-likeness (QED) is 0.129. The number of carbonyl (C=O) groups excluding carboxylic acids is 4. The SMILES string of the molecule is COC(=O)N[C@H](C(=O)C1C[C@@H](C)C[C@H]1c1nc2ccc(-c3ccc(C#Cc4cnc([C@@H]5C[C@H](C)CN5C(=O)[C@@H](NC(=O)OC)C(C)C)[nH]4)cc3)cc2[nH]1)C(C)C. The summed E-state index contributed by atoms with van der Waals surface area (Å²) in [7, 11) is 2.59. The van der Waals surface area contributed by atoms with Crippen LogP contribution in [0.1, 0.15) is 95.7 Å². The smallest absolute Gasteiger partial charge is 0.407 e. The lowest BCUT2D eigenvalue weighted by atomic mass is 9.84. The van der Waals surface area contributed by atoms with E-state index < -0.39 is 24.3 Å². The number of benzene rings is 2. The number of H-pyrrole nitrogens is 2. The Balaban J connectivity index is 1.14. The van der Waals surface area contributed by atoms with Crippen LogP contribution in [0.15, 0.2) is 48.7 Å². The summed E-state index contributed by atoms with van der Waals surface area (Å²) in [5, 5.41) is 5.44. The number of aromatic nitrogens is 4. The lowest BCUT2D eigenvalue weighted by Crippen LogP contribution is -2.51. The normalized spacial score (nSPS) is 21.8. The van der Waals surface area contributed by atoms with E-state index in [9.17, 15) is 19.2 Å². The molecule has 2 fully saturated rings. The van der Waals surface area contributed by atoms with Crippen LogP contribution in [0.3, 0.4) is 0 Å². The van der Waals surface area contributed by atoms with Gasteiger partial charge < -0.3 is 35.0 Å². The van der Waals surface area contributed by atoms with Crippen LogP contribution in [-0.4, -0.2) is 81.6 Å². The largest absolute Gasteiger partial charge is 0.453 e. The Morgan fingerprint density at radius 2 is 1.46 bits per heavy atom. The van der Waals surface area contributed by atoms with Gasteiger partial charge in [0.2, 0.25) is 5.91 Å². The number of methoxy groups -OCH3 is 2. The Labute approximate surface area is 328 Å². The summed E-state index contributed by atoms with van der Waals surface area (Å²) in [6.07, 6.45) is 2.77. The number of aromatic amines is 2. The molecule has 13 nitrogen and oxygen atoms in total. The summed E-state index contributed by atoms with van der Waals surface area (Å²) in [5.74, 6) is 7.79. The van der Waals surface area contributed by atoms with Crippen molar-refractivity contribution >= 4 is 34.9 Å². The first-order valence-corrected chi connectivity index (χ1v) is 19.5. The number of Topliss-reactive ketones (excluding diaryl/α,β-unsaturated/α-hetero) is 1. The van der Waals surface area contributed by atoms with Crippen LogP contribution in [0.4, 0.5) is 9.59 Å². The van der Waals surface area contributed by atoms with E-state index in [-0.39, 0.29) is 47.3 Å². The van der Waals surface area contributed by atoms with Crippen LogP contribution >= 0.6 is 0 Å². The first-order valence-electron chi connectivity index (χ1n) is 19.5. The molecule has 1 aliphatic carbocycles. The molecule has 56 heavy (non-hydrogen) atoms. The molecule has 0 radical (unpaired) electrons. The highest BCUT2D eigenvalue weighted by Gasteiger charge is 2.43. The van der Waals surface area contributed by atoms with Crippen LogP contribution in [0.25, 0.3) is 22.2 Å². The summed E-state index contributed by atoms with van der Waals surface area (Å²) in [6.45, 7) is 12.5. The van der Waals surface area contributed by atoms with Gasteiger partial charge in [0.15, 0.2) is 5.78 Å². The molecule has 2 aromatic heterocycles. The predicted octanol–water partition coefficient (Wildman–Crippen LogP) is 6.72. The van der Waals surface area contributed by atoms with Crippen LogP contribution < -0.4 is 10.6 Å². The Kier molecular flexibility index (Phi) is 12.2. The lowest BCUT2D eigenvalue weighted by molar-refractivity contribution is -0.135. The van der Waals surface area contributed by atoms with Crippen molar-refractivity contribution in [3.05, 3.63) is 71.6 Å². The topological polar surface area (TPSA) is 171 Å². The molecule has 1 saturated heterocycles. The molecule has 296 valence electrons. The average Bonchev–Trinajstić information content (AvgIpc) is 3.99. The number of imidazole rings is 2. The zero-order valence-corrected chi connectivity index (χ0v) is 33.4. The van der Waals surface area contributed by atoms with E-state index in [1.54, 1.807) is 11.1 Å². The van der Waals surface area contributed by atoms with Crippen LogP contribution in [0.2, 0.25) is 0 Å². The second-order valence-corrected chi connectivity index (χ2v) is 16.1. The third-order valence-electron chi connectivity index (χ3n) is 11.1. The van der Waals surface area contributed by atoms with Crippen molar-refractivity contribution in [3.8, 4) is 23.0 Å². The number of rotatable bonds is 10. The summed E-state index contributed by atoms with van der Waals surface area (Å²) in [4.78, 5) is 69.6. The van der Waals surface area contributed by atoms with Crippen molar-refractivity contribution in [3.63, 3.8) is 0 Å². The highest BCUT2D eigenvalue weighted by atomic mass is 16.5. The van der Waals surface area contributed by atoms with Gasteiger partial charge in [0.1, 0.15) is 23.4 Å². The summed E-state index contributed by atoms with van der Waals surface area (Å²) >= 11 is 0. The Bertz CT molecular complexity index is 2130. The molecule has 1 aliphatic heterocycles. The fourth-order valence-corrected chi connectivity index (χ4v) is 8.16. The van der Waals surface area contributed by atoms with Crippen molar-refractivity contribution in [2.75, 3.05) is 20.8 Å². The highest BCUT2D eigenvalue weighted by Crippen LogP contribution is 2.44. The monoisotopic (exact) mass is 763 g/mol. The van der Waals surface area contributed by atoms with E-state index in [4.69, 9.17) is 14.5 Å². The number of hydrogen-bond acceptors (Lipinski definition) is 8. The Morgan fingerprint density at radius 1 is 0.804 bits per heavy atom. The maximum absolute atomic E-state index is 13.8. The number of ketones is 1. The molecule has 6 rings (SSSR count). The van der Waals surface area contributed by atoms with Gasteiger partial charge in [0.25, 0.3) is 0 Å². The minimum Gasteiger partial charge on any atom is -0.453 e. The van der Waals surface area contributed by atoms with Crippen molar-refractivity contribution in [1.29, 1.82) is 0 Å². The van der Waals surface area contributed by atoms with E-state index in [1.165, 1.54) is 14.2 Å². The molecule has 0 bridgehead atoms. The second kappa shape index (κ2) is 17.0. The van der Waals surface area contributed by atoms with Gasteiger partial charge in [-0.25, -0.2) is 19.6 Å². The van der Waals surface area contributed by atoms with Gasteiger partial charge in [0, 0.05) is 23.9 Å². The van der Waals surface area contributed by atoms with Gasteiger partial charge in [-0.1, -0.05) is 65.7 Å². The van der Waals surface area contributed by atoms with Crippen molar-refractivity contribution < 1.29 is 28.7 Å². The number of fused-ring (bicyclic) bond motifs is 1. The van der Waals surface area contributed by atoms with E-state index in [1.807, 2.05) is 64.1 Å².